The monoisotopic (exact) mass is 303 g/mol. The van der Waals surface area contributed by atoms with Crippen LogP contribution in [-0.4, -0.2) is 36.4 Å². The number of amides is 1. The summed E-state index contributed by atoms with van der Waals surface area (Å²) in [4.78, 5) is 13.8. The first-order chi connectivity index (χ1) is 9.32. The van der Waals surface area contributed by atoms with Crippen LogP contribution in [0.3, 0.4) is 0 Å². The van der Waals surface area contributed by atoms with Crippen molar-refractivity contribution in [3.63, 3.8) is 0 Å². The van der Waals surface area contributed by atoms with Crippen LogP contribution in [0.2, 0.25) is 0 Å². The van der Waals surface area contributed by atoms with E-state index >= 15 is 0 Å². The normalized spacial score (nSPS) is 24.2. The fourth-order valence-electron chi connectivity index (χ4n) is 2.26. The highest BCUT2D eigenvalue weighted by molar-refractivity contribution is 7.07. The first kappa shape index (κ1) is 15.4. The zero-order chi connectivity index (χ0) is 14.9. The quantitative estimate of drug-likeness (QED) is 0.857. The molecule has 0 saturated carbocycles. The van der Waals surface area contributed by atoms with Crippen molar-refractivity contribution in [3.05, 3.63) is 22.4 Å². The van der Waals surface area contributed by atoms with E-state index in [4.69, 9.17) is 4.74 Å². The van der Waals surface area contributed by atoms with E-state index in [1.54, 1.807) is 11.3 Å². The molecular weight excluding hydrogens is 284 g/mol. The second-order valence-electron chi connectivity index (χ2n) is 5.72. The summed E-state index contributed by atoms with van der Waals surface area (Å²) in [6.07, 6.45) is -3.07. The van der Waals surface area contributed by atoms with Gasteiger partial charge in [0.25, 0.3) is 6.43 Å². The van der Waals surface area contributed by atoms with Crippen molar-refractivity contribution in [1.82, 2.24) is 4.90 Å². The van der Waals surface area contributed by atoms with E-state index in [2.05, 4.69) is 0 Å². The SMILES string of the molecule is C[C@H]1CN(C(=O)C(C)(C)C(F)F)C[C@H](c2ccsc2)O1. The maximum Gasteiger partial charge on any atom is 0.252 e. The molecule has 1 aromatic heterocycles. The zero-order valence-corrected chi connectivity index (χ0v) is 12.6. The van der Waals surface area contributed by atoms with Crippen LogP contribution >= 0.6 is 11.3 Å². The Morgan fingerprint density at radius 1 is 1.50 bits per heavy atom. The van der Waals surface area contributed by atoms with Crippen LogP contribution in [0.1, 0.15) is 32.4 Å². The molecule has 2 heterocycles. The van der Waals surface area contributed by atoms with E-state index in [0.29, 0.717) is 13.1 Å². The van der Waals surface area contributed by atoms with Gasteiger partial charge in [0.2, 0.25) is 5.91 Å². The molecule has 3 nitrogen and oxygen atoms in total. The number of carbonyl (C=O) groups is 1. The van der Waals surface area contributed by atoms with Crippen molar-refractivity contribution in [3.8, 4) is 0 Å². The Hall–Kier alpha value is -1.01. The van der Waals surface area contributed by atoms with E-state index in [1.165, 1.54) is 18.7 Å². The summed E-state index contributed by atoms with van der Waals surface area (Å²) in [5, 5.41) is 3.90. The highest BCUT2D eigenvalue weighted by atomic mass is 32.1. The molecule has 112 valence electrons. The van der Waals surface area contributed by atoms with Gasteiger partial charge in [-0.05, 0) is 43.2 Å². The third-order valence-electron chi connectivity index (χ3n) is 3.56. The molecule has 1 aliphatic rings. The molecule has 0 unspecified atom stereocenters. The number of morpholine rings is 1. The summed E-state index contributed by atoms with van der Waals surface area (Å²) in [6.45, 7) is 5.12. The fraction of sp³-hybridized carbons (Fsp3) is 0.643. The highest BCUT2D eigenvalue weighted by Crippen LogP contribution is 2.32. The number of ether oxygens (including phenoxy) is 1. The van der Waals surface area contributed by atoms with Gasteiger partial charge in [0.1, 0.15) is 11.5 Å². The molecule has 0 aromatic carbocycles. The lowest BCUT2D eigenvalue weighted by Crippen LogP contribution is -2.52. The summed E-state index contributed by atoms with van der Waals surface area (Å²) in [6, 6.07) is 1.94. The first-order valence-electron chi connectivity index (χ1n) is 6.57. The van der Waals surface area contributed by atoms with Gasteiger partial charge in [-0.1, -0.05) is 0 Å². The molecular formula is C14H19F2NO2S. The molecule has 1 saturated heterocycles. The first-order valence-corrected chi connectivity index (χ1v) is 7.51. The van der Waals surface area contributed by atoms with Crippen LogP contribution in [0, 0.1) is 5.41 Å². The van der Waals surface area contributed by atoms with Crippen molar-refractivity contribution in [2.24, 2.45) is 5.41 Å². The molecule has 1 aromatic rings. The number of carbonyl (C=O) groups excluding carboxylic acids is 1. The number of hydrogen-bond acceptors (Lipinski definition) is 3. The van der Waals surface area contributed by atoms with E-state index < -0.39 is 17.7 Å². The average Bonchev–Trinajstić information content (AvgIpc) is 2.90. The van der Waals surface area contributed by atoms with Crippen molar-refractivity contribution < 1.29 is 18.3 Å². The van der Waals surface area contributed by atoms with Gasteiger partial charge in [-0.2, -0.15) is 11.3 Å². The summed E-state index contributed by atoms with van der Waals surface area (Å²) in [7, 11) is 0. The molecule has 0 spiro atoms. The second-order valence-corrected chi connectivity index (χ2v) is 6.50. The largest absolute Gasteiger partial charge is 0.367 e. The Morgan fingerprint density at radius 3 is 2.75 bits per heavy atom. The van der Waals surface area contributed by atoms with Gasteiger partial charge in [0.05, 0.1) is 12.6 Å². The third-order valence-corrected chi connectivity index (χ3v) is 4.26. The lowest BCUT2D eigenvalue weighted by atomic mass is 9.91. The number of nitrogens with zero attached hydrogens (tertiary/aromatic N) is 1. The van der Waals surface area contributed by atoms with E-state index in [1.807, 2.05) is 23.8 Å². The summed E-state index contributed by atoms with van der Waals surface area (Å²) >= 11 is 1.55. The molecule has 0 N–H and O–H groups in total. The zero-order valence-electron chi connectivity index (χ0n) is 11.8. The van der Waals surface area contributed by atoms with Crippen molar-refractivity contribution in [2.75, 3.05) is 13.1 Å². The van der Waals surface area contributed by atoms with Gasteiger partial charge in [-0.15, -0.1) is 0 Å². The van der Waals surface area contributed by atoms with Crippen LogP contribution in [0.5, 0.6) is 0 Å². The van der Waals surface area contributed by atoms with Crippen molar-refractivity contribution in [2.45, 2.75) is 39.4 Å². The highest BCUT2D eigenvalue weighted by Gasteiger charge is 2.42. The molecule has 20 heavy (non-hydrogen) atoms. The summed E-state index contributed by atoms with van der Waals surface area (Å²) in [5.41, 5.74) is -0.662. The van der Waals surface area contributed by atoms with Crippen LogP contribution in [-0.2, 0) is 9.53 Å². The summed E-state index contributed by atoms with van der Waals surface area (Å²) < 4.78 is 31.8. The van der Waals surface area contributed by atoms with Crippen LogP contribution in [0.25, 0.3) is 0 Å². The molecule has 2 rings (SSSR count). The molecule has 1 amide bonds. The molecule has 0 radical (unpaired) electrons. The van der Waals surface area contributed by atoms with Crippen molar-refractivity contribution in [1.29, 1.82) is 0 Å². The number of thiophene rings is 1. The molecule has 1 fully saturated rings. The van der Waals surface area contributed by atoms with E-state index in [-0.39, 0.29) is 12.2 Å². The topological polar surface area (TPSA) is 29.5 Å². The van der Waals surface area contributed by atoms with Crippen LogP contribution in [0.4, 0.5) is 8.78 Å². The smallest absolute Gasteiger partial charge is 0.252 e. The lowest BCUT2D eigenvalue weighted by molar-refractivity contribution is -0.161. The molecule has 1 aliphatic heterocycles. The predicted molar refractivity (Wildman–Crippen MR) is 74.0 cm³/mol. The molecule has 2 atom stereocenters. The van der Waals surface area contributed by atoms with Crippen LogP contribution in [0.15, 0.2) is 16.8 Å². The Bertz CT molecular complexity index is 462. The Labute approximate surface area is 121 Å². The van der Waals surface area contributed by atoms with E-state index in [9.17, 15) is 13.6 Å². The number of halogens is 2. The van der Waals surface area contributed by atoms with Gasteiger partial charge in [-0.3, -0.25) is 4.79 Å². The summed E-state index contributed by atoms with van der Waals surface area (Å²) in [5.74, 6) is -0.511. The van der Waals surface area contributed by atoms with Gasteiger partial charge in [-0.25, -0.2) is 8.78 Å². The number of rotatable bonds is 3. The fourth-order valence-corrected chi connectivity index (χ4v) is 2.96. The number of alkyl halides is 2. The minimum absolute atomic E-state index is 0.161. The van der Waals surface area contributed by atoms with Gasteiger partial charge < -0.3 is 9.64 Å². The maximum atomic E-state index is 13.0. The van der Waals surface area contributed by atoms with Gasteiger partial charge in [0, 0.05) is 6.54 Å². The lowest BCUT2D eigenvalue weighted by Gasteiger charge is -2.40. The third kappa shape index (κ3) is 3.01. The van der Waals surface area contributed by atoms with Gasteiger partial charge >= 0.3 is 0 Å². The minimum Gasteiger partial charge on any atom is -0.367 e. The van der Waals surface area contributed by atoms with Gasteiger partial charge in [0.15, 0.2) is 0 Å². The van der Waals surface area contributed by atoms with E-state index in [0.717, 1.165) is 5.56 Å². The average molecular weight is 303 g/mol. The minimum atomic E-state index is -2.67. The standard InChI is InChI=1S/C14H19F2NO2S/c1-9-6-17(13(18)14(2,3)12(15)16)7-11(19-9)10-4-5-20-8-10/h4-5,8-9,11-12H,6-7H2,1-3H3/t9-,11+/m0/s1. The predicted octanol–water partition coefficient (Wildman–Crippen LogP) is 3.33. The maximum absolute atomic E-state index is 13.0. The molecule has 6 heteroatoms. The Morgan fingerprint density at radius 2 is 2.20 bits per heavy atom. The molecule has 0 bridgehead atoms. The number of hydrogen-bond donors (Lipinski definition) is 0. The van der Waals surface area contributed by atoms with Crippen LogP contribution < -0.4 is 0 Å². The Balaban J connectivity index is 2.14. The Kier molecular flexibility index (Phi) is 4.44. The second kappa shape index (κ2) is 5.77. The molecule has 0 aliphatic carbocycles. The van der Waals surface area contributed by atoms with Crippen molar-refractivity contribution >= 4 is 17.2 Å².